The number of nitrogens with one attached hydrogen (secondary N) is 1. The van der Waals surface area contributed by atoms with E-state index in [-0.39, 0.29) is 17.6 Å². The normalized spacial score (nSPS) is 27.9. The molecule has 0 aromatic heterocycles. The lowest BCUT2D eigenvalue weighted by Crippen LogP contribution is -2.42. The minimum Gasteiger partial charge on any atom is -0.381 e. The lowest BCUT2D eigenvalue weighted by Gasteiger charge is -2.25. The fourth-order valence-corrected chi connectivity index (χ4v) is 3.37. The molecule has 0 spiro atoms. The number of benzene rings is 1. The summed E-state index contributed by atoms with van der Waals surface area (Å²) < 4.78 is 57.1. The van der Waals surface area contributed by atoms with E-state index in [2.05, 4.69) is 5.32 Å². The van der Waals surface area contributed by atoms with Crippen molar-refractivity contribution < 1.29 is 27.1 Å². The summed E-state index contributed by atoms with van der Waals surface area (Å²) in [6, 6.07) is 2.44. The van der Waals surface area contributed by atoms with Crippen molar-refractivity contribution in [2.45, 2.75) is 42.9 Å². The number of ether oxygens (including phenoxy) is 1. The molecule has 8 heteroatoms. The Labute approximate surface area is 136 Å². The second-order valence-electron chi connectivity index (χ2n) is 6.34. The summed E-state index contributed by atoms with van der Waals surface area (Å²) in [5, 5.41) is 3.30. The zero-order valence-electron chi connectivity index (χ0n) is 12.8. The molecule has 1 heterocycles. The minimum absolute atomic E-state index is 0.157. The molecule has 132 valence electrons. The van der Waals surface area contributed by atoms with Gasteiger partial charge in [0.25, 0.3) is 0 Å². The van der Waals surface area contributed by atoms with Crippen LogP contribution in [0.5, 0.6) is 0 Å². The Morgan fingerprint density at radius 1 is 1.29 bits per heavy atom. The van der Waals surface area contributed by atoms with Crippen LogP contribution in [0.2, 0.25) is 0 Å². The number of rotatable bonds is 4. The summed E-state index contributed by atoms with van der Waals surface area (Å²) in [7, 11) is 0. The van der Waals surface area contributed by atoms with Gasteiger partial charge in [0.15, 0.2) is 0 Å². The number of hydrogen-bond acceptors (Lipinski definition) is 3. The highest BCUT2D eigenvalue weighted by molar-refractivity contribution is 5.91. The Balaban J connectivity index is 1.82. The average molecular weight is 346 g/mol. The second kappa shape index (κ2) is 6.00. The average Bonchev–Trinajstić information content (AvgIpc) is 3.22. The van der Waals surface area contributed by atoms with Crippen molar-refractivity contribution in [2.75, 3.05) is 13.2 Å². The summed E-state index contributed by atoms with van der Waals surface area (Å²) in [5.74, 6) is -2.05. The van der Waals surface area contributed by atoms with Gasteiger partial charge in [-0.2, -0.15) is 13.2 Å². The Morgan fingerprint density at radius 2 is 1.96 bits per heavy atom. The number of nitrogens with two attached hydrogens (primary N) is 1. The smallest absolute Gasteiger partial charge is 0.381 e. The van der Waals surface area contributed by atoms with Crippen molar-refractivity contribution in [3.8, 4) is 0 Å². The summed E-state index contributed by atoms with van der Waals surface area (Å²) in [4.78, 5) is 11.9. The molecule has 1 saturated heterocycles. The fraction of sp³-hybridized carbons (Fsp3) is 0.562. The van der Waals surface area contributed by atoms with Gasteiger partial charge in [-0.05, 0) is 37.0 Å². The molecule has 3 N–H and O–H groups in total. The third kappa shape index (κ3) is 3.00. The lowest BCUT2D eigenvalue weighted by molar-refractivity contribution is -0.140. The Bertz CT molecular complexity index is 643. The maximum atomic E-state index is 13.8. The Morgan fingerprint density at radius 3 is 2.50 bits per heavy atom. The maximum Gasteiger partial charge on any atom is 0.419 e. The van der Waals surface area contributed by atoms with E-state index in [1.54, 1.807) is 0 Å². The van der Waals surface area contributed by atoms with Crippen LogP contribution >= 0.6 is 0 Å². The number of hydrogen-bond donors (Lipinski definition) is 2. The zero-order chi connectivity index (χ0) is 17.5. The van der Waals surface area contributed by atoms with E-state index in [4.69, 9.17) is 10.5 Å². The number of carbonyl (C=O) groups is 1. The van der Waals surface area contributed by atoms with Crippen molar-refractivity contribution in [1.29, 1.82) is 0 Å². The first-order valence-electron chi connectivity index (χ1n) is 7.76. The van der Waals surface area contributed by atoms with Crippen LogP contribution in [-0.4, -0.2) is 31.2 Å². The topological polar surface area (TPSA) is 64.4 Å². The molecule has 0 bridgehead atoms. The SMILES string of the molecule is NC(=O)C1(c2ccc(C(F)(F)F)c(F)c2)CC1NC1CCOCC1. The summed E-state index contributed by atoms with van der Waals surface area (Å²) >= 11 is 0. The van der Waals surface area contributed by atoms with Gasteiger partial charge >= 0.3 is 6.18 Å². The van der Waals surface area contributed by atoms with Crippen LogP contribution in [0.25, 0.3) is 0 Å². The van der Waals surface area contributed by atoms with Gasteiger partial charge in [0.05, 0.1) is 11.0 Å². The van der Waals surface area contributed by atoms with E-state index in [9.17, 15) is 22.4 Å². The number of alkyl halides is 3. The standard InChI is InChI=1S/C16H18F4N2O2/c17-12-7-9(1-2-11(12)16(18,19)20)15(14(21)23)8-13(15)22-10-3-5-24-6-4-10/h1-2,7,10,13,22H,3-6,8H2,(H2,21,23). The van der Waals surface area contributed by atoms with Crippen LogP contribution in [0.3, 0.4) is 0 Å². The number of primary amides is 1. The molecular formula is C16H18F4N2O2. The predicted octanol–water partition coefficient (Wildman–Crippen LogP) is 2.11. The molecule has 0 radical (unpaired) electrons. The first-order valence-corrected chi connectivity index (χ1v) is 7.76. The molecule has 2 fully saturated rings. The fourth-order valence-electron chi connectivity index (χ4n) is 3.37. The van der Waals surface area contributed by atoms with E-state index in [0.29, 0.717) is 25.7 Å². The zero-order valence-corrected chi connectivity index (χ0v) is 12.8. The number of amides is 1. The van der Waals surface area contributed by atoms with E-state index >= 15 is 0 Å². The summed E-state index contributed by atoms with van der Waals surface area (Å²) in [6.07, 6.45) is -2.85. The minimum atomic E-state index is -4.77. The molecular weight excluding hydrogens is 328 g/mol. The van der Waals surface area contributed by atoms with Gasteiger partial charge < -0.3 is 15.8 Å². The van der Waals surface area contributed by atoms with E-state index < -0.39 is 28.9 Å². The van der Waals surface area contributed by atoms with Crippen molar-refractivity contribution in [2.24, 2.45) is 5.73 Å². The van der Waals surface area contributed by atoms with Crippen LogP contribution in [0.15, 0.2) is 18.2 Å². The molecule has 1 aromatic rings. The summed E-state index contributed by atoms with van der Waals surface area (Å²) in [5.41, 5.74) is 3.17. The molecule has 1 aliphatic carbocycles. The Hall–Kier alpha value is -1.67. The summed E-state index contributed by atoms with van der Waals surface area (Å²) in [6.45, 7) is 1.23. The number of halogens is 4. The number of carbonyl (C=O) groups excluding carboxylic acids is 1. The molecule has 24 heavy (non-hydrogen) atoms. The predicted molar refractivity (Wildman–Crippen MR) is 77.7 cm³/mol. The molecule has 4 nitrogen and oxygen atoms in total. The van der Waals surface area contributed by atoms with Gasteiger partial charge in [-0.1, -0.05) is 6.07 Å². The van der Waals surface area contributed by atoms with Gasteiger partial charge in [-0.25, -0.2) is 4.39 Å². The van der Waals surface area contributed by atoms with Crippen LogP contribution in [0.1, 0.15) is 30.4 Å². The Kier molecular flexibility index (Phi) is 4.29. The highest BCUT2D eigenvalue weighted by atomic mass is 19.4. The van der Waals surface area contributed by atoms with Gasteiger partial charge in [-0.15, -0.1) is 0 Å². The van der Waals surface area contributed by atoms with Gasteiger partial charge in [0, 0.05) is 25.3 Å². The van der Waals surface area contributed by atoms with Crippen LogP contribution in [0.4, 0.5) is 17.6 Å². The van der Waals surface area contributed by atoms with Gasteiger partial charge in [0.1, 0.15) is 5.82 Å². The van der Waals surface area contributed by atoms with Crippen LogP contribution in [0, 0.1) is 5.82 Å². The second-order valence-corrected chi connectivity index (χ2v) is 6.34. The van der Waals surface area contributed by atoms with Crippen LogP contribution < -0.4 is 11.1 Å². The molecule has 1 saturated carbocycles. The van der Waals surface area contributed by atoms with Crippen molar-refractivity contribution in [1.82, 2.24) is 5.32 Å². The molecule has 2 unspecified atom stereocenters. The third-order valence-corrected chi connectivity index (χ3v) is 4.85. The third-order valence-electron chi connectivity index (χ3n) is 4.85. The van der Waals surface area contributed by atoms with Crippen LogP contribution in [-0.2, 0) is 21.1 Å². The van der Waals surface area contributed by atoms with Gasteiger partial charge in [0.2, 0.25) is 5.91 Å². The largest absolute Gasteiger partial charge is 0.419 e. The highest BCUT2D eigenvalue weighted by Crippen LogP contribution is 2.49. The van der Waals surface area contributed by atoms with E-state index in [1.165, 1.54) is 0 Å². The lowest BCUT2D eigenvalue weighted by atomic mass is 9.92. The van der Waals surface area contributed by atoms with E-state index in [0.717, 1.165) is 25.0 Å². The monoisotopic (exact) mass is 346 g/mol. The molecule has 2 aliphatic rings. The molecule has 1 aliphatic heterocycles. The van der Waals surface area contributed by atoms with E-state index in [1.807, 2.05) is 0 Å². The van der Waals surface area contributed by atoms with Crippen molar-refractivity contribution >= 4 is 5.91 Å². The molecule has 3 rings (SSSR count). The first-order chi connectivity index (χ1) is 11.2. The quantitative estimate of drug-likeness (QED) is 0.821. The highest BCUT2D eigenvalue weighted by Gasteiger charge is 2.61. The molecule has 2 atom stereocenters. The molecule has 1 aromatic carbocycles. The maximum absolute atomic E-state index is 13.8. The van der Waals surface area contributed by atoms with Crippen molar-refractivity contribution in [3.63, 3.8) is 0 Å². The first kappa shape index (κ1) is 17.2. The van der Waals surface area contributed by atoms with Crippen molar-refractivity contribution in [3.05, 3.63) is 35.1 Å². The van der Waals surface area contributed by atoms with Gasteiger partial charge in [-0.3, -0.25) is 4.79 Å². The molecule has 1 amide bonds.